The summed E-state index contributed by atoms with van der Waals surface area (Å²) in [5.41, 5.74) is 1.85. The van der Waals surface area contributed by atoms with Gasteiger partial charge in [0.15, 0.2) is 0 Å². The van der Waals surface area contributed by atoms with E-state index in [-0.39, 0.29) is 0 Å². The maximum Gasteiger partial charge on any atom is 0.337 e. The zero-order valence-electron chi connectivity index (χ0n) is 12.0. The summed E-state index contributed by atoms with van der Waals surface area (Å²) >= 11 is 0. The molecule has 1 aliphatic carbocycles. The highest BCUT2D eigenvalue weighted by atomic mass is 16.4. The topological polar surface area (TPSA) is 55.1 Å². The van der Waals surface area contributed by atoms with Gasteiger partial charge in [-0.05, 0) is 44.7 Å². The predicted octanol–water partition coefficient (Wildman–Crippen LogP) is 3.79. The molecule has 1 N–H and O–H groups in total. The number of nitrogens with zero attached hydrogens (tertiary/aromatic N) is 2. The van der Waals surface area contributed by atoms with Gasteiger partial charge in [0.2, 0.25) is 0 Å². The van der Waals surface area contributed by atoms with E-state index in [9.17, 15) is 9.90 Å². The Labute approximate surface area is 118 Å². The van der Waals surface area contributed by atoms with Gasteiger partial charge >= 0.3 is 5.97 Å². The normalized spacial score (nSPS) is 17.7. The number of aromatic nitrogens is 2. The number of hydrogen-bond donors (Lipinski definition) is 1. The zero-order chi connectivity index (χ0) is 14.3. The Morgan fingerprint density at radius 1 is 1.40 bits per heavy atom. The van der Waals surface area contributed by atoms with Crippen LogP contribution in [0.1, 0.15) is 54.8 Å². The van der Waals surface area contributed by atoms with Crippen LogP contribution in [0.5, 0.6) is 0 Å². The van der Waals surface area contributed by atoms with E-state index in [0.29, 0.717) is 23.0 Å². The van der Waals surface area contributed by atoms with Gasteiger partial charge in [0, 0.05) is 6.04 Å². The van der Waals surface area contributed by atoms with Gasteiger partial charge in [-0.1, -0.05) is 18.9 Å². The van der Waals surface area contributed by atoms with Gasteiger partial charge in [0.1, 0.15) is 11.3 Å². The molecule has 0 amide bonds. The molecule has 0 aliphatic heterocycles. The number of imidazole rings is 1. The number of aromatic carboxylic acids is 1. The molecule has 4 heteroatoms. The van der Waals surface area contributed by atoms with Gasteiger partial charge in [-0.3, -0.25) is 0 Å². The van der Waals surface area contributed by atoms with Crippen molar-refractivity contribution in [3.8, 4) is 0 Å². The van der Waals surface area contributed by atoms with Gasteiger partial charge in [-0.15, -0.1) is 0 Å². The number of carboxylic acid groups (broad SMARTS) is 1. The van der Waals surface area contributed by atoms with Crippen LogP contribution in [-0.4, -0.2) is 20.6 Å². The molecule has 0 bridgehead atoms. The molecular weight excluding hydrogens is 252 g/mol. The molecule has 1 saturated carbocycles. The maximum absolute atomic E-state index is 11.3. The van der Waals surface area contributed by atoms with Gasteiger partial charge in [-0.2, -0.15) is 0 Å². The zero-order valence-corrected chi connectivity index (χ0v) is 12.0. The van der Waals surface area contributed by atoms with Crippen LogP contribution in [0.25, 0.3) is 11.0 Å². The summed E-state index contributed by atoms with van der Waals surface area (Å²) in [5, 5.41) is 9.28. The fourth-order valence-electron chi connectivity index (χ4n) is 3.57. The predicted molar refractivity (Wildman–Crippen MR) is 78.1 cm³/mol. The van der Waals surface area contributed by atoms with Crippen LogP contribution >= 0.6 is 0 Å². The summed E-state index contributed by atoms with van der Waals surface area (Å²) in [7, 11) is 0. The number of para-hydroxylation sites is 1. The molecule has 1 heterocycles. The molecule has 1 aromatic heterocycles. The van der Waals surface area contributed by atoms with E-state index < -0.39 is 5.97 Å². The van der Waals surface area contributed by atoms with Gasteiger partial charge in [0.05, 0.1) is 11.1 Å². The molecule has 20 heavy (non-hydrogen) atoms. The Morgan fingerprint density at radius 2 is 2.10 bits per heavy atom. The minimum absolute atomic E-state index is 0.294. The number of rotatable bonds is 3. The van der Waals surface area contributed by atoms with E-state index in [4.69, 9.17) is 0 Å². The second-order valence-corrected chi connectivity index (χ2v) is 5.79. The molecule has 1 unspecified atom stereocenters. The number of fused-ring (bicyclic) bond motifs is 1. The van der Waals surface area contributed by atoms with Crippen LogP contribution in [0, 0.1) is 12.8 Å². The third-order valence-electron chi connectivity index (χ3n) is 4.62. The summed E-state index contributed by atoms with van der Waals surface area (Å²) in [6.07, 6.45) is 5.14. The quantitative estimate of drug-likeness (QED) is 0.924. The van der Waals surface area contributed by atoms with Crippen LogP contribution < -0.4 is 0 Å². The monoisotopic (exact) mass is 272 g/mol. The molecule has 1 aliphatic rings. The number of benzene rings is 1. The molecule has 0 spiro atoms. The van der Waals surface area contributed by atoms with Crippen LogP contribution in [0.3, 0.4) is 0 Å². The van der Waals surface area contributed by atoms with Gasteiger partial charge in [0.25, 0.3) is 0 Å². The maximum atomic E-state index is 11.3. The van der Waals surface area contributed by atoms with Crippen LogP contribution in [0.2, 0.25) is 0 Å². The number of hydrogen-bond acceptors (Lipinski definition) is 2. The standard InChI is InChI=1S/C16H20N2O2/c1-10(12-6-3-4-7-12)18-11(2)17-15-13(16(19)20)8-5-9-14(15)18/h5,8-10,12H,3-4,6-7H2,1-2H3,(H,19,20). The lowest BCUT2D eigenvalue weighted by atomic mass is 9.99. The van der Waals surface area contributed by atoms with E-state index in [1.54, 1.807) is 6.07 Å². The van der Waals surface area contributed by atoms with Crippen molar-refractivity contribution in [1.82, 2.24) is 9.55 Å². The van der Waals surface area contributed by atoms with Crippen LogP contribution in [0.4, 0.5) is 0 Å². The molecule has 4 nitrogen and oxygen atoms in total. The Bertz CT molecular complexity index is 654. The van der Waals surface area contributed by atoms with Crippen LogP contribution in [-0.2, 0) is 0 Å². The van der Waals surface area contributed by atoms with Gasteiger partial charge < -0.3 is 9.67 Å². The summed E-state index contributed by atoms with van der Waals surface area (Å²) in [5.74, 6) is 0.682. The van der Waals surface area contributed by atoms with E-state index in [1.807, 2.05) is 19.1 Å². The molecule has 3 rings (SSSR count). The van der Waals surface area contributed by atoms with Crippen molar-refractivity contribution in [2.24, 2.45) is 5.92 Å². The first kappa shape index (κ1) is 13.2. The molecular formula is C16H20N2O2. The van der Waals surface area contributed by atoms with Crippen molar-refractivity contribution in [2.75, 3.05) is 0 Å². The van der Waals surface area contributed by atoms with Crippen molar-refractivity contribution in [2.45, 2.75) is 45.6 Å². The molecule has 1 fully saturated rings. The molecule has 0 saturated heterocycles. The molecule has 0 radical (unpaired) electrons. The fraction of sp³-hybridized carbons (Fsp3) is 0.500. The Kier molecular flexibility index (Phi) is 3.24. The largest absolute Gasteiger partial charge is 0.478 e. The number of aryl methyl sites for hydroxylation is 1. The third kappa shape index (κ3) is 1.99. The molecule has 106 valence electrons. The lowest BCUT2D eigenvalue weighted by molar-refractivity contribution is 0.0699. The lowest BCUT2D eigenvalue weighted by Gasteiger charge is -2.22. The molecule has 1 aromatic carbocycles. The Hall–Kier alpha value is -1.84. The van der Waals surface area contributed by atoms with E-state index >= 15 is 0 Å². The second-order valence-electron chi connectivity index (χ2n) is 5.79. The number of carbonyl (C=O) groups is 1. The van der Waals surface area contributed by atoms with Crippen molar-refractivity contribution in [3.05, 3.63) is 29.6 Å². The first-order valence-corrected chi connectivity index (χ1v) is 7.30. The molecule has 2 aromatic rings. The van der Waals surface area contributed by atoms with Crippen molar-refractivity contribution >= 4 is 17.0 Å². The molecule has 1 atom stereocenters. The smallest absolute Gasteiger partial charge is 0.337 e. The number of carboxylic acids is 1. The average Bonchev–Trinajstić information content (AvgIpc) is 3.03. The Balaban J connectivity index is 2.13. The average molecular weight is 272 g/mol. The highest BCUT2D eigenvalue weighted by Gasteiger charge is 2.26. The fourth-order valence-corrected chi connectivity index (χ4v) is 3.57. The van der Waals surface area contributed by atoms with Gasteiger partial charge in [-0.25, -0.2) is 9.78 Å². The highest BCUT2D eigenvalue weighted by molar-refractivity contribution is 6.01. The van der Waals surface area contributed by atoms with E-state index in [2.05, 4.69) is 16.5 Å². The van der Waals surface area contributed by atoms with Crippen molar-refractivity contribution < 1.29 is 9.90 Å². The van der Waals surface area contributed by atoms with Crippen LogP contribution in [0.15, 0.2) is 18.2 Å². The minimum atomic E-state index is -0.909. The highest BCUT2D eigenvalue weighted by Crippen LogP contribution is 2.36. The second kappa shape index (κ2) is 4.93. The Morgan fingerprint density at radius 3 is 2.75 bits per heavy atom. The van der Waals surface area contributed by atoms with E-state index in [0.717, 1.165) is 11.3 Å². The summed E-state index contributed by atoms with van der Waals surface area (Å²) in [6.45, 7) is 4.20. The lowest BCUT2D eigenvalue weighted by Crippen LogP contribution is -2.15. The summed E-state index contributed by atoms with van der Waals surface area (Å²) < 4.78 is 2.22. The minimum Gasteiger partial charge on any atom is -0.478 e. The first-order valence-electron chi connectivity index (χ1n) is 7.30. The summed E-state index contributed by atoms with van der Waals surface area (Å²) in [6, 6.07) is 5.80. The SMILES string of the molecule is Cc1nc2c(C(=O)O)cccc2n1C(C)C1CCCC1. The first-order chi connectivity index (χ1) is 9.59. The van der Waals surface area contributed by atoms with E-state index in [1.165, 1.54) is 25.7 Å². The summed E-state index contributed by atoms with van der Waals surface area (Å²) in [4.78, 5) is 15.8. The van der Waals surface area contributed by atoms with Crippen molar-refractivity contribution in [1.29, 1.82) is 0 Å². The van der Waals surface area contributed by atoms with Crippen molar-refractivity contribution in [3.63, 3.8) is 0 Å². The third-order valence-corrected chi connectivity index (χ3v) is 4.62.